The fourth-order valence-electron chi connectivity index (χ4n) is 1.20. The van der Waals surface area contributed by atoms with E-state index >= 15 is 0 Å². The zero-order valence-electron chi connectivity index (χ0n) is 6.56. The van der Waals surface area contributed by atoms with Gasteiger partial charge in [-0.25, -0.2) is 0 Å². The largest absolute Gasteiger partial charge is 0.352 e. The lowest BCUT2D eigenvalue weighted by Crippen LogP contribution is -2.33. The fraction of sp³-hybridized carbons (Fsp3) is 0.625. The Morgan fingerprint density at radius 2 is 2.55 bits per heavy atom. The van der Waals surface area contributed by atoms with Crippen LogP contribution in [0.25, 0.3) is 0 Å². The molecule has 1 N–H and O–H groups in total. The van der Waals surface area contributed by atoms with Crippen LogP contribution in [0.3, 0.4) is 0 Å². The van der Waals surface area contributed by atoms with Gasteiger partial charge in [0, 0.05) is 12.5 Å². The molecule has 1 heterocycles. The Morgan fingerprint density at radius 3 is 2.91 bits per heavy atom. The summed E-state index contributed by atoms with van der Waals surface area (Å²) in [7, 11) is 0. The minimum absolute atomic E-state index is 0.0988. The van der Waals surface area contributed by atoms with Crippen LogP contribution >= 0.6 is 11.6 Å². The number of hydrogen-bond acceptors (Lipinski definition) is 1. The summed E-state index contributed by atoms with van der Waals surface area (Å²) < 4.78 is 0. The van der Waals surface area contributed by atoms with Crippen LogP contribution in [-0.4, -0.2) is 17.3 Å². The molecule has 0 aromatic heterocycles. The van der Waals surface area contributed by atoms with Gasteiger partial charge in [0.25, 0.3) is 0 Å². The van der Waals surface area contributed by atoms with E-state index in [2.05, 4.69) is 11.9 Å². The van der Waals surface area contributed by atoms with Crippen LogP contribution in [0.15, 0.2) is 12.2 Å². The number of amides is 1. The molecule has 3 heteroatoms. The molecular formula is C8H12ClNO. The molecule has 0 spiro atoms. The highest BCUT2D eigenvalue weighted by molar-refractivity contribution is 6.23. The van der Waals surface area contributed by atoms with Gasteiger partial charge in [0.2, 0.25) is 5.91 Å². The van der Waals surface area contributed by atoms with Gasteiger partial charge in [-0.05, 0) is 13.3 Å². The molecule has 0 radical (unpaired) electrons. The van der Waals surface area contributed by atoms with E-state index in [4.69, 9.17) is 11.6 Å². The van der Waals surface area contributed by atoms with Gasteiger partial charge in [-0.2, -0.15) is 0 Å². The van der Waals surface area contributed by atoms with Crippen molar-refractivity contribution in [2.45, 2.75) is 31.2 Å². The molecule has 0 aromatic rings. The number of halogens is 1. The molecule has 11 heavy (non-hydrogen) atoms. The lowest BCUT2D eigenvalue weighted by molar-refractivity contribution is -0.119. The average molecular weight is 174 g/mol. The van der Waals surface area contributed by atoms with Crippen LogP contribution in [0.1, 0.15) is 19.8 Å². The predicted molar refractivity (Wildman–Crippen MR) is 45.6 cm³/mol. The van der Waals surface area contributed by atoms with Gasteiger partial charge in [0.15, 0.2) is 0 Å². The summed E-state index contributed by atoms with van der Waals surface area (Å²) >= 11 is 5.97. The highest BCUT2D eigenvalue weighted by atomic mass is 35.5. The Morgan fingerprint density at radius 1 is 1.91 bits per heavy atom. The molecule has 1 fully saturated rings. The van der Waals surface area contributed by atoms with Crippen LogP contribution in [0.4, 0.5) is 0 Å². The fourth-order valence-corrected chi connectivity index (χ4v) is 1.39. The Bertz CT molecular complexity index is 191. The summed E-state index contributed by atoms with van der Waals surface area (Å²) in [6.45, 7) is 5.62. The first kappa shape index (κ1) is 8.60. The van der Waals surface area contributed by atoms with Gasteiger partial charge in [0.05, 0.1) is 5.38 Å². The van der Waals surface area contributed by atoms with Crippen LogP contribution in [-0.2, 0) is 4.79 Å². The summed E-state index contributed by atoms with van der Waals surface area (Å²) in [6, 6.07) is 0.0988. The highest BCUT2D eigenvalue weighted by Gasteiger charge is 2.27. The highest BCUT2D eigenvalue weighted by Crippen LogP contribution is 2.19. The standard InChI is InChI=1S/C8H12ClNO/c1-5(2)8(9)6-3-4-7(11)10-6/h6,8H,1,3-4H2,2H3,(H,10,11)/t6-,8+/m0/s1. The molecule has 1 saturated heterocycles. The van der Waals surface area contributed by atoms with E-state index in [-0.39, 0.29) is 17.3 Å². The van der Waals surface area contributed by atoms with Crippen molar-refractivity contribution in [3.8, 4) is 0 Å². The van der Waals surface area contributed by atoms with Crippen molar-refractivity contribution in [1.29, 1.82) is 0 Å². The van der Waals surface area contributed by atoms with Gasteiger partial charge in [0.1, 0.15) is 0 Å². The first-order valence-electron chi connectivity index (χ1n) is 3.70. The number of carbonyl (C=O) groups is 1. The number of rotatable bonds is 2. The zero-order chi connectivity index (χ0) is 8.43. The van der Waals surface area contributed by atoms with Gasteiger partial charge < -0.3 is 5.32 Å². The molecule has 62 valence electrons. The summed E-state index contributed by atoms with van der Waals surface area (Å²) in [5.74, 6) is 0.0990. The molecule has 1 aliphatic heterocycles. The molecular weight excluding hydrogens is 162 g/mol. The summed E-state index contributed by atoms with van der Waals surface area (Å²) in [4.78, 5) is 10.8. The first-order chi connectivity index (χ1) is 5.11. The Hall–Kier alpha value is -0.500. The Labute approximate surface area is 71.6 Å². The quantitative estimate of drug-likeness (QED) is 0.497. The predicted octanol–water partition coefficient (Wildman–Crippen LogP) is 1.45. The average Bonchev–Trinajstić information content (AvgIpc) is 2.34. The van der Waals surface area contributed by atoms with Crippen molar-refractivity contribution < 1.29 is 4.79 Å². The van der Waals surface area contributed by atoms with Crippen molar-refractivity contribution in [2.24, 2.45) is 0 Å². The molecule has 2 atom stereocenters. The third kappa shape index (κ3) is 1.96. The van der Waals surface area contributed by atoms with Gasteiger partial charge in [-0.15, -0.1) is 11.6 Å². The molecule has 0 aromatic carbocycles. The minimum atomic E-state index is -0.110. The maximum atomic E-state index is 10.8. The molecule has 0 aliphatic carbocycles. The Balaban J connectivity index is 2.49. The van der Waals surface area contributed by atoms with Crippen LogP contribution in [0, 0.1) is 0 Å². The van der Waals surface area contributed by atoms with Gasteiger partial charge in [-0.1, -0.05) is 12.2 Å². The second-order valence-corrected chi connectivity index (χ2v) is 3.43. The van der Waals surface area contributed by atoms with Crippen LogP contribution in [0.5, 0.6) is 0 Å². The smallest absolute Gasteiger partial charge is 0.220 e. The molecule has 0 saturated carbocycles. The van der Waals surface area contributed by atoms with Crippen LogP contribution in [0.2, 0.25) is 0 Å². The third-order valence-electron chi connectivity index (χ3n) is 1.85. The molecule has 2 nitrogen and oxygen atoms in total. The topological polar surface area (TPSA) is 29.1 Å². The summed E-state index contributed by atoms with van der Waals surface area (Å²) in [5, 5.41) is 2.69. The number of alkyl halides is 1. The van der Waals surface area contributed by atoms with Crippen molar-refractivity contribution in [3.63, 3.8) is 0 Å². The number of hydrogen-bond donors (Lipinski definition) is 1. The van der Waals surface area contributed by atoms with Crippen molar-refractivity contribution in [3.05, 3.63) is 12.2 Å². The normalized spacial score (nSPS) is 26.4. The van der Waals surface area contributed by atoms with E-state index in [0.717, 1.165) is 12.0 Å². The number of carbonyl (C=O) groups excluding carboxylic acids is 1. The second kappa shape index (κ2) is 3.26. The second-order valence-electron chi connectivity index (χ2n) is 2.96. The molecule has 0 bridgehead atoms. The molecule has 0 unspecified atom stereocenters. The monoisotopic (exact) mass is 173 g/mol. The van der Waals surface area contributed by atoms with E-state index in [0.29, 0.717) is 6.42 Å². The van der Waals surface area contributed by atoms with Crippen LogP contribution < -0.4 is 5.32 Å². The maximum Gasteiger partial charge on any atom is 0.220 e. The van der Waals surface area contributed by atoms with Crippen molar-refractivity contribution in [2.75, 3.05) is 0 Å². The van der Waals surface area contributed by atoms with Crippen molar-refractivity contribution in [1.82, 2.24) is 5.32 Å². The van der Waals surface area contributed by atoms with E-state index < -0.39 is 0 Å². The van der Waals surface area contributed by atoms with E-state index in [1.165, 1.54) is 0 Å². The summed E-state index contributed by atoms with van der Waals surface area (Å²) in [6.07, 6.45) is 1.43. The van der Waals surface area contributed by atoms with Crippen molar-refractivity contribution >= 4 is 17.5 Å². The minimum Gasteiger partial charge on any atom is -0.352 e. The van der Waals surface area contributed by atoms with Gasteiger partial charge in [-0.3, -0.25) is 4.79 Å². The SMILES string of the molecule is C=C(C)[C@@H](Cl)[C@@H]1CCC(=O)N1. The maximum absolute atomic E-state index is 10.8. The first-order valence-corrected chi connectivity index (χ1v) is 4.13. The van der Waals surface area contributed by atoms with E-state index in [1.54, 1.807) is 0 Å². The molecule has 1 rings (SSSR count). The van der Waals surface area contributed by atoms with E-state index in [1.807, 2.05) is 6.92 Å². The van der Waals surface area contributed by atoms with Gasteiger partial charge >= 0.3 is 0 Å². The Kier molecular flexibility index (Phi) is 2.55. The lowest BCUT2D eigenvalue weighted by atomic mass is 10.1. The lowest BCUT2D eigenvalue weighted by Gasteiger charge is -2.16. The summed E-state index contributed by atoms with van der Waals surface area (Å²) in [5.41, 5.74) is 0.916. The van der Waals surface area contributed by atoms with E-state index in [9.17, 15) is 4.79 Å². The molecule has 1 amide bonds. The zero-order valence-corrected chi connectivity index (χ0v) is 7.32. The molecule has 1 aliphatic rings. The third-order valence-corrected chi connectivity index (χ3v) is 2.53. The number of nitrogens with one attached hydrogen (secondary N) is 1.